The number of benzene rings is 6. The van der Waals surface area contributed by atoms with E-state index < -0.39 is 44.7 Å². The van der Waals surface area contributed by atoms with Gasteiger partial charge in [-0.25, -0.2) is 0 Å². The molecule has 0 heterocycles. The van der Waals surface area contributed by atoms with Gasteiger partial charge in [0.05, 0.1) is 0 Å². The Labute approximate surface area is 305 Å². The maximum atomic E-state index is 14.2. The van der Waals surface area contributed by atoms with Crippen molar-refractivity contribution in [1.29, 1.82) is 0 Å². The standard InChI is InChI=1S/C21H13.C15H8F6.C5H5.2ClH.Zr/c1-2-8-15-14(7-1)13-20-18-11-4-3-9-16(18)17-10-5-6-12-19(17)21(15)20;16-14(17,18)12-5-1-3-10(8-12)7-11-4-2-6-13(9-11)15(19,20)21;1-2-4-5-3-1;;;/h1-13H;1-6,8-9H;1-3H,4H2;2*1H;/q;;;;;+2/p-2. The molecule has 0 fully saturated rings. The van der Waals surface area contributed by atoms with Crippen molar-refractivity contribution in [3.05, 3.63) is 176 Å². The average molecular weight is 795 g/mol. The van der Waals surface area contributed by atoms with Gasteiger partial charge in [0.2, 0.25) is 0 Å². The summed E-state index contributed by atoms with van der Waals surface area (Å²) in [6.07, 6.45) is -2.57. The molecule has 0 aliphatic heterocycles. The minimum absolute atomic E-state index is 0. The van der Waals surface area contributed by atoms with Crippen LogP contribution in [0.4, 0.5) is 26.3 Å². The number of allylic oxidation sites excluding steroid dienone is 4. The molecule has 1 unspecified atom stereocenters. The number of rotatable bonds is 4. The largest absolute Gasteiger partial charge is 1.00 e. The van der Waals surface area contributed by atoms with E-state index in [2.05, 4.69) is 42.5 Å². The van der Waals surface area contributed by atoms with E-state index in [1.165, 1.54) is 12.1 Å². The Hall–Kier alpha value is -3.77. The topological polar surface area (TPSA) is 0 Å². The third-order valence-corrected chi connectivity index (χ3v) is 17.7. The molecule has 0 bridgehead atoms. The monoisotopic (exact) mass is 792 g/mol. The normalized spacial score (nSPS) is 14.7. The molecule has 0 aromatic heterocycles. The summed E-state index contributed by atoms with van der Waals surface area (Å²) in [6.45, 7) is 0. The zero-order chi connectivity index (χ0) is 33.2. The van der Waals surface area contributed by atoms with E-state index in [9.17, 15) is 26.3 Å². The molecular weight excluding hydrogens is 769 g/mol. The van der Waals surface area contributed by atoms with Crippen LogP contribution in [0.5, 0.6) is 0 Å². The van der Waals surface area contributed by atoms with Gasteiger partial charge in [-0.05, 0) is 0 Å². The molecule has 6 aromatic carbocycles. The molecule has 1 atom stereocenters. The van der Waals surface area contributed by atoms with E-state index in [4.69, 9.17) is 0 Å². The van der Waals surface area contributed by atoms with Crippen molar-refractivity contribution in [2.75, 3.05) is 0 Å². The van der Waals surface area contributed by atoms with Crippen molar-refractivity contribution >= 4 is 24.8 Å². The zero-order valence-electron chi connectivity index (χ0n) is 26.1. The van der Waals surface area contributed by atoms with Gasteiger partial charge in [-0.3, -0.25) is 0 Å². The predicted octanol–water partition coefficient (Wildman–Crippen LogP) is 5.84. The van der Waals surface area contributed by atoms with Gasteiger partial charge >= 0.3 is 282 Å². The van der Waals surface area contributed by atoms with Crippen LogP contribution in [-0.4, -0.2) is 3.21 Å². The molecule has 0 saturated heterocycles. The Kier molecular flexibility index (Phi) is 9.91. The van der Waals surface area contributed by atoms with Gasteiger partial charge in [0, 0.05) is 0 Å². The Morgan fingerprint density at radius 2 is 1.10 bits per heavy atom. The summed E-state index contributed by atoms with van der Waals surface area (Å²) in [4.78, 5) is 0. The third kappa shape index (κ3) is 6.12. The summed E-state index contributed by atoms with van der Waals surface area (Å²) < 4.78 is 86.8. The van der Waals surface area contributed by atoms with E-state index >= 15 is 0 Å². The average Bonchev–Trinajstić information content (AvgIpc) is 3.74. The smallest absolute Gasteiger partial charge is 1.00 e. The summed E-state index contributed by atoms with van der Waals surface area (Å²) in [5, 5.41) is 4.33. The predicted molar refractivity (Wildman–Crippen MR) is 177 cm³/mol. The molecule has 0 nitrogen and oxygen atoms in total. The summed E-state index contributed by atoms with van der Waals surface area (Å²) in [5.74, 6) is 0. The fourth-order valence-electron chi connectivity index (χ4n) is 7.51. The Balaban J connectivity index is 0.00000216. The van der Waals surface area contributed by atoms with Crippen molar-refractivity contribution in [1.82, 2.24) is 0 Å². The molecule has 250 valence electrons. The van der Waals surface area contributed by atoms with Crippen LogP contribution < -0.4 is 24.8 Å². The molecule has 2 aliphatic carbocycles. The maximum Gasteiger partial charge on any atom is -1.00 e. The van der Waals surface area contributed by atoms with Crippen LogP contribution in [0.15, 0.2) is 143 Å². The first-order valence-corrected chi connectivity index (χ1v) is 19.5. The molecule has 0 saturated carbocycles. The summed E-state index contributed by atoms with van der Waals surface area (Å²) in [6, 6.07) is 34.9. The van der Waals surface area contributed by atoms with Gasteiger partial charge in [0.25, 0.3) is 0 Å². The van der Waals surface area contributed by atoms with Crippen molar-refractivity contribution < 1.29 is 72.4 Å². The Bertz CT molecular complexity index is 2310. The third-order valence-electron chi connectivity index (χ3n) is 9.44. The Morgan fingerprint density at radius 1 is 0.580 bits per heavy atom. The van der Waals surface area contributed by atoms with Crippen LogP contribution in [0.25, 0.3) is 32.7 Å². The van der Waals surface area contributed by atoms with Crippen molar-refractivity contribution in [2.45, 2.75) is 22.4 Å². The fourth-order valence-corrected chi connectivity index (χ4v) is 16.5. The van der Waals surface area contributed by atoms with Crippen LogP contribution >= 0.6 is 0 Å². The Morgan fingerprint density at radius 3 is 1.66 bits per heavy atom. The van der Waals surface area contributed by atoms with Crippen LogP contribution in [0, 0.1) is 0 Å². The van der Waals surface area contributed by atoms with Gasteiger partial charge in [-0.1, -0.05) is 0 Å². The molecule has 2 aliphatic rings. The van der Waals surface area contributed by atoms with Gasteiger partial charge in [0.1, 0.15) is 0 Å². The second kappa shape index (κ2) is 13.7. The first kappa shape index (κ1) is 36.0. The van der Waals surface area contributed by atoms with Crippen LogP contribution in [-0.2, 0) is 33.6 Å². The molecule has 0 spiro atoms. The summed E-state index contributed by atoms with van der Waals surface area (Å²) in [7, 11) is 0. The van der Waals surface area contributed by atoms with Gasteiger partial charge in [0.15, 0.2) is 0 Å². The quantitative estimate of drug-likeness (QED) is 0.156. The minimum Gasteiger partial charge on any atom is -1.00 e. The number of halogens is 8. The first-order chi connectivity index (χ1) is 23.1. The molecule has 9 heteroatoms. The van der Waals surface area contributed by atoms with Gasteiger partial charge in [-0.15, -0.1) is 0 Å². The molecule has 0 amide bonds. The van der Waals surface area contributed by atoms with E-state index in [-0.39, 0.29) is 28.4 Å². The first-order valence-electron chi connectivity index (χ1n) is 15.6. The molecule has 0 N–H and O–H groups in total. The molecular formula is C41H26Cl2F6Zr. The van der Waals surface area contributed by atoms with E-state index in [0.29, 0.717) is 20.8 Å². The van der Waals surface area contributed by atoms with Crippen molar-refractivity contribution in [2.24, 2.45) is 0 Å². The van der Waals surface area contributed by atoms with Gasteiger partial charge < -0.3 is 24.8 Å². The van der Waals surface area contributed by atoms with E-state index in [1.807, 2.05) is 48.6 Å². The number of hydrogen-bond acceptors (Lipinski definition) is 0. The molecule has 6 aromatic rings. The van der Waals surface area contributed by atoms with E-state index in [0.717, 1.165) is 71.3 Å². The minimum atomic E-state index is -4.62. The molecule has 8 rings (SSSR count). The fraction of sp³-hybridized carbons (Fsp3) is 0.0976. The zero-order valence-corrected chi connectivity index (χ0v) is 30.1. The van der Waals surface area contributed by atoms with Crippen LogP contribution in [0.3, 0.4) is 0 Å². The van der Waals surface area contributed by atoms with Crippen molar-refractivity contribution in [3.8, 4) is 11.1 Å². The van der Waals surface area contributed by atoms with Crippen LogP contribution in [0.1, 0.15) is 43.4 Å². The van der Waals surface area contributed by atoms with Crippen molar-refractivity contribution in [3.63, 3.8) is 0 Å². The SMILES string of the molecule is FC(F)(F)c1cccc([C](c2cccc(C(F)(F)F)c2)=[Zr+2]([C]2=CC=CC2)[CH]2c3ccccc3-c3c2c2ccccc2c2ccccc32)c1.[Cl-].[Cl-]. The number of fused-ring (bicyclic) bond motifs is 8. The molecule has 50 heavy (non-hydrogen) atoms. The van der Waals surface area contributed by atoms with Gasteiger partial charge in [-0.2, -0.15) is 0 Å². The second-order valence-electron chi connectivity index (χ2n) is 12.2. The second-order valence-corrected chi connectivity index (χ2v) is 18.4. The van der Waals surface area contributed by atoms with Crippen LogP contribution in [0.2, 0.25) is 0 Å². The maximum absolute atomic E-state index is 14.2. The number of hydrogen-bond donors (Lipinski definition) is 0. The summed E-state index contributed by atoms with van der Waals surface area (Å²) >= 11 is -3.63. The summed E-state index contributed by atoms with van der Waals surface area (Å²) in [5.41, 5.74) is 3.35. The van der Waals surface area contributed by atoms with E-state index in [1.54, 1.807) is 12.1 Å². The number of alkyl halides is 6. The molecule has 0 radical (unpaired) electrons.